The lowest BCUT2D eigenvalue weighted by Crippen LogP contribution is -2.41. The van der Waals surface area contributed by atoms with Crippen LogP contribution in [-0.4, -0.2) is 23.9 Å². The van der Waals surface area contributed by atoms with Gasteiger partial charge in [-0.25, -0.2) is 0 Å². The van der Waals surface area contributed by atoms with Crippen molar-refractivity contribution in [2.75, 3.05) is 6.54 Å². The van der Waals surface area contributed by atoms with Crippen molar-refractivity contribution in [3.8, 4) is 0 Å². The normalized spacial score (nSPS) is 44.6. The van der Waals surface area contributed by atoms with E-state index in [4.69, 9.17) is 4.84 Å². The summed E-state index contributed by atoms with van der Waals surface area (Å²) < 4.78 is 0. The summed E-state index contributed by atoms with van der Waals surface area (Å²) in [6.45, 7) is 5.17. The Bertz CT molecular complexity index is 190. The summed E-state index contributed by atoms with van der Waals surface area (Å²) in [6.07, 6.45) is 1.07. The van der Waals surface area contributed by atoms with Gasteiger partial charge >= 0.3 is 0 Å². The lowest BCUT2D eigenvalue weighted by Gasteiger charge is -2.19. The van der Waals surface area contributed by atoms with Crippen LogP contribution in [0.2, 0.25) is 0 Å². The molecule has 3 nitrogen and oxygen atoms in total. The molecule has 2 rings (SSSR count). The van der Waals surface area contributed by atoms with E-state index in [2.05, 4.69) is 17.4 Å². The summed E-state index contributed by atoms with van der Waals surface area (Å²) in [5, 5.41) is 7.30. The number of hydrogen-bond donors (Lipinski definition) is 1. The van der Waals surface area contributed by atoms with Crippen molar-refractivity contribution in [2.45, 2.75) is 31.9 Å². The van der Waals surface area contributed by atoms with Crippen molar-refractivity contribution in [2.24, 2.45) is 5.16 Å². The summed E-state index contributed by atoms with van der Waals surface area (Å²) in [5.41, 5.74) is 1.05. The molecular formula is C7H12N2O. The number of rotatable bonds is 0. The first-order chi connectivity index (χ1) is 4.72. The highest BCUT2D eigenvalue weighted by Crippen LogP contribution is 2.30. The fourth-order valence-corrected chi connectivity index (χ4v) is 1.74. The smallest absolute Gasteiger partial charge is 0.156 e. The molecule has 0 bridgehead atoms. The van der Waals surface area contributed by atoms with Crippen molar-refractivity contribution in [1.29, 1.82) is 0 Å². The van der Waals surface area contributed by atoms with Crippen LogP contribution >= 0.6 is 0 Å². The molecule has 0 aliphatic carbocycles. The van der Waals surface area contributed by atoms with E-state index < -0.39 is 0 Å². The van der Waals surface area contributed by atoms with Crippen molar-refractivity contribution in [3.63, 3.8) is 0 Å². The number of fused-ring (bicyclic) bond motifs is 1. The minimum absolute atomic E-state index is 0.0376. The van der Waals surface area contributed by atoms with Crippen LogP contribution in [0, 0.1) is 0 Å². The van der Waals surface area contributed by atoms with E-state index in [1.165, 1.54) is 0 Å². The molecule has 3 heteroatoms. The van der Waals surface area contributed by atoms with Crippen LogP contribution in [0.5, 0.6) is 0 Å². The highest BCUT2D eigenvalue weighted by molar-refractivity contribution is 5.89. The third-order valence-electron chi connectivity index (χ3n) is 2.40. The maximum atomic E-state index is 5.30. The van der Waals surface area contributed by atoms with Crippen molar-refractivity contribution < 1.29 is 4.84 Å². The molecule has 0 radical (unpaired) electrons. The van der Waals surface area contributed by atoms with Gasteiger partial charge in [0, 0.05) is 6.42 Å². The van der Waals surface area contributed by atoms with Gasteiger partial charge in [0.1, 0.15) is 0 Å². The Morgan fingerprint density at radius 3 is 3.30 bits per heavy atom. The van der Waals surface area contributed by atoms with Crippen LogP contribution in [0.4, 0.5) is 0 Å². The predicted octanol–water partition coefficient (Wildman–Crippen LogP) is 0.513. The second-order valence-corrected chi connectivity index (χ2v) is 3.27. The molecule has 0 aromatic carbocycles. The molecular weight excluding hydrogens is 128 g/mol. The molecule has 0 aromatic rings. The second-order valence-electron chi connectivity index (χ2n) is 3.27. The molecule has 2 aliphatic heterocycles. The Labute approximate surface area is 60.4 Å². The van der Waals surface area contributed by atoms with Crippen molar-refractivity contribution in [1.82, 2.24) is 5.32 Å². The second kappa shape index (κ2) is 1.72. The number of oxime groups is 1. The summed E-state index contributed by atoms with van der Waals surface area (Å²) >= 11 is 0. The van der Waals surface area contributed by atoms with Crippen LogP contribution in [0.15, 0.2) is 5.16 Å². The highest BCUT2D eigenvalue weighted by Gasteiger charge is 2.46. The lowest BCUT2D eigenvalue weighted by atomic mass is 9.95. The quantitative estimate of drug-likeness (QED) is 0.532. The van der Waals surface area contributed by atoms with E-state index in [9.17, 15) is 0 Å². The molecule has 1 fully saturated rings. The Balaban J connectivity index is 2.27. The van der Waals surface area contributed by atoms with Crippen molar-refractivity contribution >= 4 is 5.71 Å². The van der Waals surface area contributed by atoms with E-state index in [1.54, 1.807) is 0 Å². The molecule has 1 saturated heterocycles. The monoisotopic (exact) mass is 140 g/mol. The van der Waals surface area contributed by atoms with E-state index >= 15 is 0 Å². The van der Waals surface area contributed by atoms with Gasteiger partial charge in [0.2, 0.25) is 0 Å². The molecule has 2 aliphatic rings. The molecule has 0 saturated carbocycles. The van der Waals surface area contributed by atoms with E-state index in [1.807, 2.05) is 6.92 Å². The van der Waals surface area contributed by atoms with Crippen LogP contribution in [-0.2, 0) is 4.84 Å². The summed E-state index contributed by atoms with van der Waals surface area (Å²) in [6, 6.07) is 0.368. The Kier molecular flexibility index (Phi) is 1.06. The van der Waals surface area contributed by atoms with Crippen molar-refractivity contribution in [3.05, 3.63) is 0 Å². The first-order valence-electron chi connectivity index (χ1n) is 3.68. The van der Waals surface area contributed by atoms with Gasteiger partial charge in [0.15, 0.2) is 5.60 Å². The molecule has 0 spiro atoms. The maximum absolute atomic E-state index is 5.30. The van der Waals surface area contributed by atoms with Crippen LogP contribution in [0.25, 0.3) is 0 Å². The van der Waals surface area contributed by atoms with E-state index in [0.29, 0.717) is 6.04 Å². The Morgan fingerprint density at radius 1 is 1.80 bits per heavy atom. The first kappa shape index (κ1) is 6.16. The number of hydrogen-bond acceptors (Lipinski definition) is 3. The van der Waals surface area contributed by atoms with Gasteiger partial charge in [-0.05, 0) is 20.4 Å². The average Bonchev–Trinajstić information content (AvgIpc) is 2.35. The molecule has 10 heavy (non-hydrogen) atoms. The zero-order valence-corrected chi connectivity index (χ0v) is 6.35. The minimum atomic E-state index is -0.0376. The number of nitrogens with zero attached hydrogens (tertiary/aromatic N) is 1. The van der Waals surface area contributed by atoms with E-state index in [0.717, 1.165) is 18.7 Å². The zero-order valence-electron chi connectivity index (χ0n) is 6.35. The molecule has 1 N–H and O–H groups in total. The van der Waals surface area contributed by atoms with Gasteiger partial charge in [0.05, 0.1) is 11.8 Å². The molecule has 56 valence electrons. The minimum Gasteiger partial charge on any atom is -0.387 e. The SMILES string of the molecule is CC1=NO[C@]2(C)CCNC12. The van der Waals surface area contributed by atoms with Crippen LogP contribution < -0.4 is 5.32 Å². The van der Waals surface area contributed by atoms with Gasteiger partial charge in [-0.15, -0.1) is 0 Å². The van der Waals surface area contributed by atoms with Gasteiger partial charge < -0.3 is 10.2 Å². The summed E-state index contributed by atoms with van der Waals surface area (Å²) in [7, 11) is 0. The fourth-order valence-electron chi connectivity index (χ4n) is 1.74. The highest BCUT2D eigenvalue weighted by atomic mass is 16.7. The zero-order chi connectivity index (χ0) is 7.19. The molecule has 1 unspecified atom stereocenters. The third-order valence-corrected chi connectivity index (χ3v) is 2.40. The van der Waals surface area contributed by atoms with E-state index in [-0.39, 0.29) is 5.60 Å². The third kappa shape index (κ3) is 0.611. The topological polar surface area (TPSA) is 33.6 Å². The summed E-state index contributed by atoms with van der Waals surface area (Å²) in [5.74, 6) is 0. The predicted molar refractivity (Wildman–Crippen MR) is 39.0 cm³/mol. The maximum Gasteiger partial charge on any atom is 0.156 e. The molecule has 2 heterocycles. The molecule has 0 aromatic heterocycles. The first-order valence-corrected chi connectivity index (χ1v) is 3.68. The van der Waals surface area contributed by atoms with Gasteiger partial charge in [-0.1, -0.05) is 5.16 Å². The number of nitrogens with one attached hydrogen (secondary N) is 1. The Morgan fingerprint density at radius 2 is 2.60 bits per heavy atom. The van der Waals surface area contributed by atoms with Gasteiger partial charge in [0.25, 0.3) is 0 Å². The van der Waals surface area contributed by atoms with Gasteiger partial charge in [-0.2, -0.15) is 0 Å². The largest absolute Gasteiger partial charge is 0.387 e. The standard InChI is InChI=1S/C7H12N2O/c1-5-6-7(2,10-9-5)3-4-8-6/h6,8H,3-4H2,1-2H3/t6?,7-/m1/s1. The molecule has 2 atom stereocenters. The Hall–Kier alpha value is -0.570. The van der Waals surface area contributed by atoms with Crippen LogP contribution in [0.1, 0.15) is 20.3 Å². The van der Waals surface area contributed by atoms with Gasteiger partial charge in [-0.3, -0.25) is 0 Å². The summed E-state index contributed by atoms with van der Waals surface area (Å²) in [4.78, 5) is 5.30. The lowest BCUT2D eigenvalue weighted by molar-refractivity contribution is -0.00277. The average molecular weight is 140 g/mol. The fraction of sp³-hybridized carbons (Fsp3) is 0.857. The van der Waals surface area contributed by atoms with Crippen LogP contribution in [0.3, 0.4) is 0 Å². The molecule has 0 amide bonds.